The van der Waals surface area contributed by atoms with Gasteiger partial charge in [-0.2, -0.15) is 0 Å². The highest BCUT2D eigenvalue weighted by atomic mass is 16.5. The number of aliphatic carboxylic acids is 1. The molecule has 0 spiro atoms. The number of rotatable bonds is 12. The Kier molecular flexibility index (Phi) is 8.31. The van der Waals surface area contributed by atoms with Crippen molar-refractivity contribution in [1.82, 2.24) is 0 Å². The largest absolute Gasteiger partial charge is 0.497 e. The summed E-state index contributed by atoms with van der Waals surface area (Å²) >= 11 is 0. The number of hydrogen-bond donors (Lipinski definition) is 1. The van der Waals surface area contributed by atoms with Crippen molar-refractivity contribution in [3.63, 3.8) is 0 Å². The zero-order chi connectivity index (χ0) is 22.9. The first kappa shape index (κ1) is 23.4. The van der Waals surface area contributed by atoms with Gasteiger partial charge in [-0.3, -0.25) is 4.79 Å². The minimum absolute atomic E-state index is 0.162. The molecule has 1 heterocycles. The van der Waals surface area contributed by atoms with Gasteiger partial charge in [0.15, 0.2) is 11.5 Å². The van der Waals surface area contributed by atoms with E-state index in [-0.39, 0.29) is 5.43 Å². The molecule has 6 nitrogen and oxygen atoms in total. The number of carboxylic acids is 1. The molecule has 3 rings (SSSR count). The molecule has 0 aliphatic heterocycles. The molecular formula is C26H30O6. The van der Waals surface area contributed by atoms with Crippen LogP contribution < -0.4 is 14.9 Å². The highest BCUT2D eigenvalue weighted by Crippen LogP contribution is 2.25. The van der Waals surface area contributed by atoms with Crippen molar-refractivity contribution < 1.29 is 23.8 Å². The second kappa shape index (κ2) is 11.4. The van der Waals surface area contributed by atoms with E-state index in [9.17, 15) is 14.7 Å². The van der Waals surface area contributed by atoms with Crippen LogP contribution in [-0.4, -0.2) is 24.3 Å². The van der Waals surface area contributed by atoms with Gasteiger partial charge in [-0.15, -0.1) is 0 Å². The van der Waals surface area contributed by atoms with Crippen LogP contribution in [0.15, 0.2) is 57.9 Å². The number of unbranched alkanes of at least 4 members (excludes halogenated alkanes) is 5. The maximum Gasteiger partial charge on any atom is 0.344 e. The molecule has 0 unspecified atom stereocenters. The molecule has 0 radical (unpaired) electrons. The summed E-state index contributed by atoms with van der Waals surface area (Å²) in [6.45, 7) is 2.17. The Hall–Kier alpha value is -3.28. The first-order valence-corrected chi connectivity index (χ1v) is 11.1. The number of fused-ring (bicyclic) bond motifs is 1. The third-order valence-corrected chi connectivity index (χ3v) is 5.52. The number of carboxylic acid groups (broad SMARTS) is 1. The summed E-state index contributed by atoms with van der Waals surface area (Å²) in [5, 5.41) is 9.94. The van der Waals surface area contributed by atoms with Crippen LogP contribution in [0.4, 0.5) is 0 Å². The zero-order valence-electron chi connectivity index (χ0n) is 18.6. The van der Waals surface area contributed by atoms with Crippen LogP contribution in [0.3, 0.4) is 0 Å². The minimum Gasteiger partial charge on any atom is -0.497 e. The van der Waals surface area contributed by atoms with Crippen molar-refractivity contribution in [2.75, 3.05) is 7.11 Å². The Morgan fingerprint density at radius 2 is 1.69 bits per heavy atom. The second-order valence-corrected chi connectivity index (χ2v) is 7.87. The van der Waals surface area contributed by atoms with E-state index in [4.69, 9.17) is 13.9 Å². The molecule has 0 fully saturated rings. The Morgan fingerprint density at radius 1 is 1.00 bits per heavy atom. The van der Waals surface area contributed by atoms with Gasteiger partial charge in [-0.05, 0) is 42.7 Å². The molecule has 1 aromatic heterocycles. The molecule has 6 heteroatoms. The first-order valence-electron chi connectivity index (χ1n) is 11.1. The smallest absolute Gasteiger partial charge is 0.344 e. The van der Waals surface area contributed by atoms with Gasteiger partial charge in [-0.25, -0.2) is 4.79 Å². The number of methoxy groups -OCH3 is 1. The number of hydrogen-bond acceptors (Lipinski definition) is 5. The predicted molar refractivity (Wildman–Crippen MR) is 125 cm³/mol. The summed E-state index contributed by atoms with van der Waals surface area (Å²) in [4.78, 5) is 24.6. The van der Waals surface area contributed by atoms with Crippen molar-refractivity contribution in [2.24, 2.45) is 0 Å². The SMILES string of the molecule is CCCCCCCC[C@@H](Oc1ccc2c(=O)c(-c3ccc(OC)cc3)coc2c1)C(=O)O. The normalized spacial score (nSPS) is 11.9. The zero-order valence-corrected chi connectivity index (χ0v) is 18.6. The molecule has 2 aromatic carbocycles. The van der Waals surface area contributed by atoms with Crippen LogP contribution in [0.2, 0.25) is 0 Å². The van der Waals surface area contributed by atoms with E-state index in [0.29, 0.717) is 34.5 Å². The van der Waals surface area contributed by atoms with Crippen LogP contribution >= 0.6 is 0 Å². The van der Waals surface area contributed by atoms with Crippen LogP contribution in [0.5, 0.6) is 11.5 Å². The molecular weight excluding hydrogens is 408 g/mol. The Bertz CT molecular complexity index is 1080. The lowest BCUT2D eigenvalue weighted by atomic mass is 10.1. The van der Waals surface area contributed by atoms with Crippen molar-refractivity contribution in [3.8, 4) is 22.6 Å². The highest BCUT2D eigenvalue weighted by Gasteiger charge is 2.20. The van der Waals surface area contributed by atoms with Crippen molar-refractivity contribution >= 4 is 16.9 Å². The van der Waals surface area contributed by atoms with Crippen molar-refractivity contribution in [2.45, 2.75) is 58.0 Å². The van der Waals surface area contributed by atoms with Crippen molar-refractivity contribution in [3.05, 3.63) is 59.0 Å². The fourth-order valence-corrected chi connectivity index (χ4v) is 3.66. The van der Waals surface area contributed by atoms with Gasteiger partial charge in [0.25, 0.3) is 0 Å². The van der Waals surface area contributed by atoms with Crippen molar-refractivity contribution in [1.29, 1.82) is 0 Å². The Balaban J connectivity index is 1.72. The quantitative estimate of drug-likeness (QED) is 0.346. The average Bonchev–Trinajstić information content (AvgIpc) is 2.80. The minimum atomic E-state index is -0.991. The fraction of sp³-hybridized carbons (Fsp3) is 0.385. The fourth-order valence-electron chi connectivity index (χ4n) is 3.66. The highest BCUT2D eigenvalue weighted by molar-refractivity contribution is 5.83. The second-order valence-electron chi connectivity index (χ2n) is 7.87. The monoisotopic (exact) mass is 438 g/mol. The lowest BCUT2D eigenvalue weighted by molar-refractivity contribution is -0.145. The van der Waals surface area contributed by atoms with Crippen LogP contribution in [-0.2, 0) is 4.79 Å². The number of ether oxygens (including phenoxy) is 2. The molecule has 0 aliphatic rings. The van der Waals surface area contributed by atoms with Gasteiger partial charge in [0.05, 0.1) is 18.1 Å². The van der Waals surface area contributed by atoms with E-state index in [1.165, 1.54) is 25.5 Å². The summed E-state index contributed by atoms with van der Waals surface area (Å²) in [5.74, 6) is 0.0841. The van der Waals surface area contributed by atoms with Gasteiger partial charge in [-0.1, -0.05) is 51.2 Å². The third-order valence-electron chi connectivity index (χ3n) is 5.52. The summed E-state index contributed by atoms with van der Waals surface area (Å²) in [7, 11) is 1.58. The van der Waals surface area contributed by atoms with Crippen LogP contribution in [0.25, 0.3) is 22.1 Å². The number of benzene rings is 2. The summed E-state index contributed by atoms with van der Waals surface area (Å²) in [5.41, 5.74) is 1.37. The topological polar surface area (TPSA) is 86.0 Å². The first-order chi connectivity index (χ1) is 15.5. The Labute approximate surface area is 187 Å². The lowest BCUT2D eigenvalue weighted by Crippen LogP contribution is -2.26. The maximum absolute atomic E-state index is 12.9. The lowest BCUT2D eigenvalue weighted by Gasteiger charge is -2.15. The van der Waals surface area contributed by atoms with Gasteiger partial charge < -0.3 is 19.0 Å². The van der Waals surface area contributed by atoms with E-state index in [0.717, 1.165) is 24.8 Å². The standard InChI is InChI=1S/C26H30O6/c1-3-4-5-6-7-8-9-23(26(28)29)32-20-14-15-21-24(16-20)31-17-22(25(21)27)18-10-12-19(30-2)13-11-18/h10-17,23H,3-9H2,1-2H3,(H,28,29)/t23-/m1/s1. The van der Waals surface area contributed by atoms with Gasteiger partial charge in [0.2, 0.25) is 0 Å². The molecule has 170 valence electrons. The van der Waals surface area contributed by atoms with E-state index in [2.05, 4.69) is 6.92 Å². The average molecular weight is 439 g/mol. The molecule has 3 aromatic rings. The number of carbonyl (C=O) groups is 1. The molecule has 0 bridgehead atoms. The summed E-state index contributed by atoms with van der Waals surface area (Å²) in [6, 6.07) is 12.0. The Morgan fingerprint density at radius 3 is 2.38 bits per heavy atom. The van der Waals surface area contributed by atoms with Gasteiger partial charge in [0.1, 0.15) is 23.3 Å². The van der Waals surface area contributed by atoms with E-state index < -0.39 is 12.1 Å². The van der Waals surface area contributed by atoms with E-state index in [1.807, 2.05) is 0 Å². The molecule has 0 amide bonds. The molecule has 32 heavy (non-hydrogen) atoms. The molecule has 1 atom stereocenters. The molecule has 0 saturated heterocycles. The van der Waals surface area contributed by atoms with E-state index in [1.54, 1.807) is 49.6 Å². The predicted octanol–water partition coefficient (Wildman–Crippen LogP) is 6.05. The van der Waals surface area contributed by atoms with Crippen LogP contribution in [0.1, 0.15) is 51.9 Å². The molecule has 0 saturated carbocycles. The van der Waals surface area contributed by atoms with Gasteiger partial charge >= 0.3 is 5.97 Å². The summed E-state index contributed by atoms with van der Waals surface area (Å²) in [6.07, 6.45) is 7.41. The molecule has 0 aliphatic carbocycles. The van der Waals surface area contributed by atoms with Crippen LogP contribution in [0, 0.1) is 0 Å². The third kappa shape index (κ3) is 5.90. The summed E-state index contributed by atoms with van der Waals surface area (Å²) < 4.78 is 16.6. The maximum atomic E-state index is 12.9. The molecule has 1 N–H and O–H groups in total. The van der Waals surface area contributed by atoms with E-state index >= 15 is 0 Å². The van der Waals surface area contributed by atoms with Gasteiger partial charge in [0, 0.05) is 6.07 Å².